The predicted molar refractivity (Wildman–Crippen MR) is 117 cm³/mol. The smallest absolute Gasteiger partial charge is 0.282 e. The van der Waals surface area contributed by atoms with E-state index < -0.39 is 10.1 Å². The van der Waals surface area contributed by atoms with Gasteiger partial charge in [0.2, 0.25) is 0 Å². The first-order chi connectivity index (χ1) is 13.5. The van der Waals surface area contributed by atoms with E-state index in [-0.39, 0.29) is 4.90 Å². The molecule has 0 saturated heterocycles. The molecule has 0 bridgehead atoms. The number of unbranched alkanes of at least 4 members (excludes halogenated alkanes) is 3. The molecule has 0 fully saturated rings. The van der Waals surface area contributed by atoms with Gasteiger partial charge in [-0.2, -0.15) is 8.42 Å². The van der Waals surface area contributed by atoms with Crippen molar-refractivity contribution in [1.82, 2.24) is 0 Å². The highest BCUT2D eigenvalue weighted by Crippen LogP contribution is 2.39. The Morgan fingerprint density at radius 2 is 1.25 bits per heavy atom. The maximum absolute atomic E-state index is 12.5. The molecule has 4 rings (SSSR count). The fraction of sp³-hybridized carbons (Fsp3) is 0.250. The molecular formula is C24H24O3S. The van der Waals surface area contributed by atoms with Crippen LogP contribution >= 0.6 is 0 Å². The number of aryl methyl sites for hydroxylation is 1. The number of hydrogen-bond acceptors (Lipinski definition) is 2. The highest BCUT2D eigenvalue weighted by molar-refractivity contribution is 7.86. The Bertz CT molecular complexity index is 1240. The monoisotopic (exact) mass is 392 g/mol. The van der Waals surface area contributed by atoms with E-state index in [2.05, 4.69) is 13.0 Å². The molecule has 1 N–H and O–H groups in total. The second-order valence-corrected chi connectivity index (χ2v) is 8.71. The Morgan fingerprint density at radius 3 is 1.82 bits per heavy atom. The molecule has 4 aromatic rings. The van der Waals surface area contributed by atoms with Crippen LogP contribution in [0.4, 0.5) is 0 Å². The average molecular weight is 393 g/mol. The zero-order chi connectivity index (χ0) is 19.7. The van der Waals surface area contributed by atoms with E-state index in [9.17, 15) is 13.0 Å². The van der Waals surface area contributed by atoms with Crippen LogP contribution in [0.3, 0.4) is 0 Å². The standard InChI is InChI=1S/C24H24O3S/c1-2-3-4-5-10-17-15-16-22-20-13-7-6-11-18(20)19-12-8-9-14-21(19)23(22)24(17)28(25,26)27/h6-9,11-16H,2-5,10H2,1H3,(H,25,26,27). The number of benzene rings is 4. The Kier molecular flexibility index (Phi) is 5.09. The third kappa shape index (κ3) is 3.27. The minimum atomic E-state index is -4.36. The molecule has 144 valence electrons. The third-order valence-corrected chi connectivity index (χ3v) is 6.48. The topological polar surface area (TPSA) is 54.4 Å². The van der Waals surface area contributed by atoms with E-state index >= 15 is 0 Å². The first-order valence-corrected chi connectivity index (χ1v) is 11.3. The summed E-state index contributed by atoms with van der Waals surface area (Å²) in [5.74, 6) is 0. The van der Waals surface area contributed by atoms with Crippen LogP contribution in [0.25, 0.3) is 32.3 Å². The van der Waals surface area contributed by atoms with E-state index in [1.54, 1.807) is 0 Å². The van der Waals surface area contributed by atoms with Crippen molar-refractivity contribution in [2.75, 3.05) is 0 Å². The van der Waals surface area contributed by atoms with E-state index in [1.165, 1.54) is 0 Å². The van der Waals surface area contributed by atoms with Gasteiger partial charge >= 0.3 is 0 Å². The average Bonchev–Trinajstić information content (AvgIpc) is 2.70. The Balaban J connectivity index is 2.10. The second kappa shape index (κ2) is 7.53. The quantitative estimate of drug-likeness (QED) is 0.231. The molecule has 4 aromatic carbocycles. The van der Waals surface area contributed by atoms with Gasteiger partial charge in [0.1, 0.15) is 4.90 Å². The zero-order valence-corrected chi connectivity index (χ0v) is 16.8. The van der Waals surface area contributed by atoms with Crippen molar-refractivity contribution >= 4 is 42.4 Å². The summed E-state index contributed by atoms with van der Waals surface area (Å²) in [6, 6.07) is 19.7. The summed E-state index contributed by atoms with van der Waals surface area (Å²) in [7, 11) is -4.36. The lowest BCUT2D eigenvalue weighted by Crippen LogP contribution is -2.05. The summed E-state index contributed by atoms with van der Waals surface area (Å²) in [6.45, 7) is 2.15. The van der Waals surface area contributed by atoms with Crippen LogP contribution in [0.5, 0.6) is 0 Å². The maximum atomic E-state index is 12.5. The summed E-state index contributed by atoms with van der Waals surface area (Å²) >= 11 is 0. The van der Waals surface area contributed by atoms with Crippen LogP contribution in [-0.2, 0) is 16.5 Å². The van der Waals surface area contributed by atoms with Crippen molar-refractivity contribution in [3.05, 3.63) is 66.2 Å². The summed E-state index contributed by atoms with van der Waals surface area (Å²) in [6.07, 6.45) is 4.86. The Hall–Kier alpha value is -2.43. The lowest BCUT2D eigenvalue weighted by Gasteiger charge is -2.16. The largest absolute Gasteiger partial charge is 0.295 e. The number of fused-ring (bicyclic) bond motifs is 6. The normalized spacial score (nSPS) is 12.2. The molecule has 4 heteroatoms. The Morgan fingerprint density at radius 1 is 0.714 bits per heavy atom. The van der Waals surface area contributed by atoms with Crippen LogP contribution in [0.2, 0.25) is 0 Å². The van der Waals surface area contributed by atoms with Gasteiger partial charge in [0, 0.05) is 5.39 Å². The van der Waals surface area contributed by atoms with Gasteiger partial charge in [-0.1, -0.05) is 86.8 Å². The van der Waals surface area contributed by atoms with E-state index in [0.717, 1.165) is 52.6 Å². The second-order valence-electron chi connectivity index (χ2n) is 7.35. The SMILES string of the molecule is CCCCCCc1ccc2c3ccccc3c3ccccc3c2c1S(=O)(=O)O. The molecule has 0 amide bonds. The van der Waals surface area contributed by atoms with Gasteiger partial charge < -0.3 is 0 Å². The summed E-state index contributed by atoms with van der Waals surface area (Å²) in [4.78, 5) is 0.0726. The highest BCUT2D eigenvalue weighted by Gasteiger charge is 2.22. The molecule has 0 atom stereocenters. The van der Waals surface area contributed by atoms with Crippen molar-refractivity contribution in [3.63, 3.8) is 0 Å². The molecule has 0 aliphatic rings. The first kappa shape index (κ1) is 18.9. The lowest BCUT2D eigenvalue weighted by atomic mass is 9.92. The lowest BCUT2D eigenvalue weighted by molar-refractivity contribution is 0.483. The van der Waals surface area contributed by atoms with Crippen LogP contribution in [0, 0.1) is 0 Å². The van der Waals surface area contributed by atoms with Crippen LogP contribution in [-0.4, -0.2) is 13.0 Å². The van der Waals surface area contributed by atoms with Gasteiger partial charge in [-0.25, -0.2) is 0 Å². The zero-order valence-electron chi connectivity index (χ0n) is 16.0. The predicted octanol–water partition coefficient (Wildman–Crippen LogP) is 6.52. The van der Waals surface area contributed by atoms with Crippen molar-refractivity contribution in [2.45, 2.75) is 43.9 Å². The third-order valence-electron chi connectivity index (χ3n) is 5.50. The number of hydrogen-bond donors (Lipinski definition) is 1. The van der Waals surface area contributed by atoms with Gasteiger partial charge in [-0.3, -0.25) is 4.55 Å². The summed E-state index contributed by atoms with van der Waals surface area (Å²) < 4.78 is 35.2. The molecule has 0 radical (unpaired) electrons. The molecule has 0 saturated carbocycles. The molecule has 0 spiro atoms. The van der Waals surface area contributed by atoms with Crippen molar-refractivity contribution in [1.29, 1.82) is 0 Å². The van der Waals surface area contributed by atoms with Crippen LogP contribution in [0.1, 0.15) is 38.2 Å². The van der Waals surface area contributed by atoms with E-state index in [4.69, 9.17) is 0 Å². The van der Waals surface area contributed by atoms with Crippen molar-refractivity contribution in [3.8, 4) is 0 Å². The van der Waals surface area contributed by atoms with Crippen molar-refractivity contribution < 1.29 is 13.0 Å². The molecule has 0 aliphatic carbocycles. The van der Waals surface area contributed by atoms with E-state index in [1.807, 2.05) is 54.6 Å². The fourth-order valence-corrected chi connectivity index (χ4v) is 5.22. The van der Waals surface area contributed by atoms with Gasteiger partial charge in [-0.05, 0) is 45.3 Å². The van der Waals surface area contributed by atoms with Gasteiger partial charge in [-0.15, -0.1) is 0 Å². The number of rotatable bonds is 6. The molecule has 0 aliphatic heterocycles. The summed E-state index contributed by atoms with van der Waals surface area (Å²) in [5.41, 5.74) is 0.700. The minimum Gasteiger partial charge on any atom is -0.282 e. The van der Waals surface area contributed by atoms with Gasteiger partial charge in [0.05, 0.1) is 0 Å². The summed E-state index contributed by atoms with van der Waals surface area (Å²) in [5, 5.41) is 5.43. The molecule has 0 unspecified atom stereocenters. The van der Waals surface area contributed by atoms with Crippen molar-refractivity contribution in [2.24, 2.45) is 0 Å². The van der Waals surface area contributed by atoms with Crippen LogP contribution < -0.4 is 0 Å². The minimum absolute atomic E-state index is 0.0726. The molecular weight excluding hydrogens is 368 g/mol. The first-order valence-electron chi connectivity index (χ1n) is 9.85. The van der Waals surface area contributed by atoms with Gasteiger partial charge in [0.15, 0.2) is 0 Å². The molecule has 0 heterocycles. The maximum Gasteiger partial charge on any atom is 0.295 e. The molecule has 0 aromatic heterocycles. The van der Waals surface area contributed by atoms with Crippen LogP contribution in [0.15, 0.2) is 65.6 Å². The fourth-order valence-electron chi connectivity index (χ4n) is 4.24. The molecule has 28 heavy (non-hydrogen) atoms. The Labute approximate surface area is 165 Å². The van der Waals surface area contributed by atoms with E-state index in [0.29, 0.717) is 17.4 Å². The molecule has 3 nitrogen and oxygen atoms in total. The highest BCUT2D eigenvalue weighted by atomic mass is 32.2. The van der Waals surface area contributed by atoms with Gasteiger partial charge in [0.25, 0.3) is 10.1 Å².